The van der Waals surface area contributed by atoms with Crippen LogP contribution in [0.25, 0.3) is 0 Å². The summed E-state index contributed by atoms with van der Waals surface area (Å²) >= 11 is 5.73. The minimum atomic E-state index is -3.72. The zero-order chi connectivity index (χ0) is 16.5. The van der Waals surface area contributed by atoms with Crippen LogP contribution >= 0.6 is 11.6 Å². The Morgan fingerprint density at radius 1 is 1.27 bits per heavy atom. The molecule has 1 aromatic heterocycles. The van der Waals surface area contributed by atoms with Crippen molar-refractivity contribution < 1.29 is 13.2 Å². The fourth-order valence-corrected chi connectivity index (χ4v) is 3.27. The first-order valence-electron chi connectivity index (χ1n) is 6.49. The van der Waals surface area contributed by atoms with Gasteiger partial charge in [-0.15, -0.1) is 0 Å². The van der Waals surface area contributed by atoms with Crippen LogP contribution in [0.4, 0.5) is 5.82 Å². The topological polar surface area (TPSA) is 81.1 Å². The van der Waals surface area contributed by atoms with Gasteiger partial charge < -0.3 is 5.32 Å². The number of benzene rings is 1. The molecule has 1 heterocycles. The molecule has 2 rings (SSSR count). The smallest absolute Gasteiger partial charge is 0.241 e. The Bertz CT molecular complexity index is 811. The Morgan fingerprint density at radius 3 is 2.36 bits per heavy atom. The SMILES string of the molecule is Cc1nn(C)c(NC(=O)CS(=O)(=O)c2ccc(Cl)cc2)c1C. The number of sulfone groups is 1. The zero-order valence-corrected chi connectivity index (χ0v) is 14.0. The van der Waals surface area contributed by atoms with E-state index in [0.29, 0.717) is 10.8 Å². The second kappa shape index (κ2) is 6.10. The van der Waals surface area contributed by atoms with Gasteiger partial charge in [0.25, 0.3) is 0 Å². The van der Waals surface area contributed by atoms with E-state index >= 15 is 0 Å². The number of anilines is 1. The van der Waals surface area contributed by atoms with Crippen LogP contribution in [0.2, 0.25) is 5.02 Å². The highest BCUT2D eigenvalue weighted by Crippen LogP contribution is 2.18. The van der Waals surface area contributed by atoms with Crippen molar-refractivity contribution in [1.29, 1.82) is 0 Å². The molecule has 1 amide bonds. The maximum Gasteiger partial charge on any atom is 0.241 e. The van der Waals surface area contributed by atoms with Crippen molar-refractivity contribution in [3.05, 3.63) is 40.5 Å². The predicted octanol–water partition coefficient (Wildman–Crippen LogP) is 2.10. The third kappa shape index (κ3) is 3.48. The third-order valence-electron chi connectivity index (χ3n) is 3.27. The molecule has 0 fully saturated rings. The lowest BCUT2D eigenvalue weighted by Gasteiger charge is -2.08. The molecule has 118 valence electrons. The van der Waals surface area contributed by atoms with Crippen molar-refractivity contribution in [3.8, 4) is 0 Å². The third-order valence-corrected chi connectivity index (χ3v) is 5.16. The molecule has 0 radical (unpaired) electrons. The van der Waals surface area contributed by atoms with Crippen LogP contribution in [0, 0.1) is 13.8 Å². The highest BCUT2D eigenvalue weighted by Gasteiger charge is 2.21. The lowest BCUT2D eigenvalue weighted by molar-refractivity contribution is -0.113. The number of nitrogens with one attached hydrogen (secondary N) is 1. The van der Waals surface area contributed by atoms with Crippen LogP contribution < -0.4 is 5.32 Å². The van der Waals surface area contributed by atoms with Crippen molar-refractivity contribution in [1.82, 2.24) is 9.78 Å². The molecular weight excluding hydrogens is 326 g/mol. The number of halogens is 1. The summed E-state index contributed by atoms with van der Waals surface area (Å²) in [6.07, 6.45) is 0. The Hall–Kier alpha value is -1.86. The van der Waals surface area contributed by atoms with Gasteiger partial charge in [0.2, 0.25) is 5.91 Å². The number of rotatable bonds is 4. The summed E-state index contributed by atoms with van der Waals surface area (Å²) in [5, 5.41) is 7.19. The van der Waals surface area contributed by atoms with E-state index in [2.05, 4.69) is 10.4 Å². The number of carbonyl (C=O) groups excluding carboxylic acids is 1. The monoisotopic (exact) mass is 341 g/mol. The molecule has 0 spiro atoms. The van der Waals surface area contributed by atoms with E-state index in [1.807, 2.05) is 13.8 Å². The van der Waals surface area contributed by atoms with Gasteiger partial charge >= 0.3 is 0 Å². The Labute approximate surface area is 134 Å². The first kappa shape index (κ1) is 16.5. The van der Waals surface area contributed by atoms with Gasteiger partial charge in [0.1, 0.15) is 11.6 Å². The molecule has 0 aliphatic carbocycles. The average Bonchev–Trinajstić information content (AvgIpc) is 2.65. The quantitative estimate of drug-likeness (QED) is 0.923. The Balaban J connectivity index is 2.16. The molecule has 1 aromatic carbocycles. The Morgan fingerprint density at radius 2 is 1.86 bits per heavy atom. The van der Waals surface area contributed by atoms with Gasteiger partial charge in [-0.2, -0.15) is 5.10 Å². The van der Waals surface area contributed by atoms with Gasteiger partial charge in [-0.3, -0.25) is 9.48 Å². The molecule has 8 heteroatoms. The fourth-order valence-electron chi connectivity index (χ4n) is 2.00. The van der Waals surface area contributed by atoms with E-state index < -0.39 is 21.5 Å². The molecule has 0 bridgehead atoms. The summed E-state index contributed by atoms with van der Waals surface area (Å²) in [5.41, 5.74) is 1.58. The molecule has 0 aliphatic rings. The molecule has 0 saturated carbocycles. The van der Waals surface area contributed by atoms with E-state index in [9.17, 15) is 13.2 Å². The largest absolute Gasteiger partial charge is 0.310 e. The van der Waals surface area contributed by atoms with E-state index in [0.717, 1.165) is 11.3 Å². The van der Waals surface area contributed by atoms with Gasteiger partial charge in [-0.05, 0) is 38.1 Å². The number of aromatic nitrogens is 2. The summed E-state index contributed by atoms with van der Waals surface area (Å²) in [6.45, 7) is 3.63. The molecule has 2 aromatic rings. The molecular formula is C14H16ClN3O3S. The van der Waals surface area contributed by atoms with Gasteiger partial charge in [-0.25, -0.2) is 8.42 Å². The summed E-state index contributed by atoms with van der Waals surface area (Å²) < 4.78 is 25.9. The van der Waals surface area contributed by atoms with Crippen LogP contribution in [0.1, 0.15) is 11.3 Å². The van der Waals surface area contributed by atoms with E-state index in [1.54, 1.807) is 7.05 Å². The van der Waals surface area contributed by atoms with Gasteiger partial charge in [-0.1, -0.05) is 11.6 Å². The van der Waals surface area contributed by atoms with Crippen molar-refractivity contribution in [3.63, 3.8) is 0 Å². The standard InChI is InChI=1S/C14H16ClN3O3S/c1-9-10(2)17-18(3)14(9)16-13(19)8-22(20,21)12-6-4-11(15)5-7-12/h4-7H,8H2,1-3H3,(H,16,19). The molecule has 22 heavy (non-hydrogen) atoms. The molecule has 0 saturated heterocycles. The summed E-state index contributed by atoms with van der Waals surface area (Å²) in [5.74, 6) is -0.756. The second-order valence-electron chi connectivity index (χ2n) is 4.94. The van der Waals surface area contributed by atoms with Crippen LogP contribution in [0.3, 0.4) is 0 Å². The van der Waals surface area contributed by atoms with Crippen molar-refractivity contribution >= 4 is 33.2 Å². The lowest BCUT2D eigenvalue weighted by Crippen LogP contribution is -2.24. The summed E-state index contributed by atoms with van der Waals surface area (Å²) in [7, 11) is -2.03. The van der Waals surface area contributed by atoms with Crippen molar-refractivity contribution in [2.45, 2.75) is 18.7 Å². The highest BCUT2D eigenvalue weighted by molar-refractivity contribution is 7.92. The predicted molar refractivity (Wildman–Crippen MR) is 84.8 cm³/mol. The van der Waals surface area contributed by atoms with Crippen molar-refractivity contribution in [2.24, 2.45) is 7.05 Å². The zero-order valence-electron chi connectivity index (χ0n) is 12.4. The molecule has 6 nitrogen and oxygen atoms in total. The molecule has 1 N–H and O–H groups in total. The molecule has 0 atom stereocenters. The minimum absolute atomic E-state index is 0.0601. The van der Waals surface area contributed by atoms with E-state index in [1.165, 1.54) is 28.9 Å². The van der Waals surface area contributed by atoms with Gasteiger partial charge in [0.15, 0.2) is 9.84 Å². The summed E-state index contributed by atoms with van der Waals surface area (Å²) in [4.78, 5) is 12.1. The van der Waals surface area contributed by atoms with Crippen LogP contribution in [-0.2, 0) is 21.7 Å². The molecule has 0 unspecified atom stereocenters. The lowest BCUT2D eigenvalue weighted by atomic mass is 10.3. The highest BCUT2D eigenvalue weighted by atomic mass is 35.5. The maximum atomic E-state index is 12.2. The number of hydrogen-bond acceptors (Lipinski definition) is 4. The number of hydrogen-bond donors (Lipinski definition) is 1. The minimum Gasteiger partial charge on any atom is -0.310 e. The second-order valence-corrected chi connectivity index (χ2v) is 7.37. The average molecular weight is 342 g/mol. The van der Waals surface area contributed by atoms with Gasteiger partial charge in [0.05, 0.1) is 10.6 Å². The first-order chi connectivity index (χ1) is 10.2. The summed E-state index contributed by atoms with van der Waals surface area (Å²) in [6, 6.07) is 5.71. The van der Waals surface area contributed by atoms with Crippen LogP contribution in [-0.4, -0.2) is 29.9 Å². The van der Waals surface area contributed by atoms with Gasteiger partial charge in [0, 0.05) is 17.6 Å². The first-order valence-corrected chi connectivity index (χ1v) is 8.52. The van der Waals surface area contributed by atoms with Crippen LogP contribution in [0.15, 0.2) is 29.2 Å². The maximum absolute atomic E-state index is 12.2. The number of amides is 1. The van der Waals surface area contributed by atoms with E-state index in [4.69, 9.17) is 11.6 Å². The number of nitrogens with zero attached hydrogens (tertiary/aromatic N) is 2. The Kier molecular flexibility index (Phi) is 4.58. The normalized spacial score (nSPS) is 11.5. The van der Waals surface area contributed by atoms with Crippen molar-refractivity contribution in [2.75, 3.05) is 11.1 Å². The molecule has 0 aliphatic heterocycles. The fraction of sp³-hybridized carbons (Fsp3) is 0.286. The number of aryl methyl sites for hydroxylation is 2. The van der Waals surface area contributed by atoms with E-state index in [-0.39, 0.29) is 4.90 Å². The number of carbonyl (C=O) groups is 1. The van der Waals surface area contributed by atoms with Crippen LogP contribution in [0.5, 0.6) is 0 Å².